The smallest absolute Gasteiger partial charge is 0.278 e. The van der Waals surface area contributed by atoms with Crippen molar-refractivity contribution < 1.29 is 9.53 Å². The maximum Gasteiger partial charge on any atom is 0.278 e. The van der Waals surface area contributed by atoms with E-state index in [4.69, 9.17) is 4.74 Å². The molecule has 0 bridgehead atoms. The van der Waals surface area contributed by atoms with Gasteiger partial charge < -0.3 is 10.1 Å². The van der Waals surface area contributed by atoms with Gasteiger partial charge in [0.25, 0.3) is 5.91 Å². The molecule has 0 saturated carbocycles. The standard InChI is InChI=1S/C19H17BrN4O2/c1-12-2-4-13(5-3-12)17-10-24-16(11-26-17)18(22-23-24)19(25)21-15-8-6-14(20)7-9-15/h2-9,17H,10-11H2,1H3,(H,21,25). The maximum absolute atomic E-state index is 12.5. The topological polar surface area (TPSA) is 69.0 Å². The molecule has 1 aromatic heterocycles. The van der Waals surface area contributed by atoms with E-state index < -0.39 is 0 Å². The van der Waals surface area contributed by atoms with Crippen molar-refractivity contribution in [2.24, 2.45) is 0 Å². The molecule has 2 aromatic carbocycles. The Morgan fingerprint density at radius 2 is 1.92 bits per heavy atom. The van der Waals surface area contributed by atoms with Gasteiger partial charge in [-0.3, -0.25) is 4.79 Å². The Bertz CT molecular complexity index is 935. The van der Waals surface area contributed by atoms with Gasteiger partial charge >= 0.3 is 0 Å². The normalized spacial score (nSPS) is 16.2. The number of nitrogens with one attached hydrogen (secondary N) is 1. The molecule has 1 aliphatic heterocycles. The lowest BCUT2D eigenvalue weighted by Crippen LogP contribution is -2.24. The number of anilines is 1. The molecule has 1 atom stereocenters. The summed E-state index contributed by atoms with van der Waals surface area (Å²) in [5.41, 5.74) is 4.00. The fourth-order valence-corrected chi connectivity index (χ4v) is 3.16. The number of hydrogen-bond donors (Lipinski definition) is 1. The van der Waals surface area contributed by atoms with Crippen LogP contribution in [0.5, 0.6) is 0 Å². The van der Waals surface area contributed by atoms with Crippen LogP contribution in [-0.2, 0) is 17.9 Å². The first-order valence-corrected chi connectivity index (χ1v) is 9.07. The Balaban J connectivity index is 1.51. The Hall–Kier alpha value is -2.51. The van der Waals surface area contributed by atoms with Crippen molar-refractivity contribution in [1.29, 1.82) is 0 Å². The second kappa shape index (κ2) is 7.01. The van der Waals surface area contributed by atoms with Crippen molar-refractivity contribution in [2.75, 3.05) is 5.32 Å². The molecule has 0 spiro atoms. The first kappa shape index (κ1) is 16.9. The molecule has 0 saturated heterocycles. The maximum atomic E-state index is 12.5. The Kier molecular flexibility index (Phi) is 4.57. The van der Waals surface area contributed by atoms with Crippen LogP contribution in [0.3, 0.4) is 0 Å². The van der Waals surface area contributed by atoms with Crippen LogP contribution in [0.2, 0.25) is 0 Å². The quantitative estimate of drug-likeness (QED) is 0.708. The molecule has 0 fully saturated rings. The lowest BCUT2D eigenvalue weighted by atomic mass is 10.1. The monoisotopic (exact) mass is 412 g/mol. The predicted octanol–water partition coefficient (Wildman–Crippen LogP) is 3.87. The highest BCUT2D eigenvalue weighted by Gasteiger charge is 2.27. The lowest BCUT2D eigenvalue weighted by molar-refractivity contribution is -0.00171. The van der Waals surface area contributed by atoms with Gasteiger partial charge in [0.15, 0.2) is 5.69 Å². The van der Waals surface area contributed by atoms with Gasteiger partial charge in [-0.1, -0.05) is 51.0 Å². The summed E-state index contributed by atoms with van der Waals surface area (Å²) in [4.78, 5) is 12.5. The molecule has 26 heavy (non-hydrogen) atoms. The summed E-state index contributed by atoms with van der Waals surface area (Å²) in [6.45, 7) is 2.89. The van der Waals surface area contributed by atoms with Gasteiger partial charge in [0, 0.05) is 10.2 Å². The van der Waals surface area contributed by atoms with E-state index in [0.717, 1.165) is 10.0 Å². The minimum absolute atomic E-state index is 0.0906. The van der Waals surface area contributed by atoms with Gasteiger partial charge in [-0.05, 0) is 36.8 Å². The Labute approximate surface area is 159 Å². The molecule has 1 aliphatic rings. The lowest BCUT2D eigenvalue weighted by Gasteiger charge is -2.24. The largest absolute Gasteiger partial charge is 0.365 e. The number of nitrogens with zero attached hydrogens (tertiary/aromatic N) is 3. The van der Waals surface area contributed by atoms with Crippen LogP contribution in [0.1, 0.15) is 33.4 Å². The summed E-state index contributed by atoms with van der Waals surface area (Å²) in [6.07, 6.45) is -0.0906. The number of aryl methyl sites for hydroxylation is 1. The van der Waals surface area contributed by atoms with Crippen LogP contribution < -0.4 is 5.32 Å². The zero-order chi connectivity index (χ0) is 18.1. The molecule has 4 rings (SSSR count). The number of fused-ring (bicyclic) bond motifs is 1. The van der Waals surface area contributed by atoms with Crippen LogP contribution in [0, 0.1) is 6.92 Å². The average molecular weight is 413 g/mol. The number of benzene rings is 2. The summed E-state index contributed by atoms with van der Waals surface area (Å²) < 4.78 is 8.66. The van der Waals surface area contributed by atoms with E-state index in [0.29, 0.717) is 30.2 Å². The second-order valence-electron chi connectivity index (χ2n) is 6.24. The number of aromatic nitrogens is 3. The minimum Gasteiger partial charge on any atom is -0.365 e. The zero-order valence-corrected chi connectivity index (χ0v) is 15.7. The van der Waals surface area contributed by atoms with Crippen molar-refractivity contribution in [2.45, 2.75) is 26.2 Å². The van der Waals surface area contributed by atoms with Crippen LogP contribution in [0.4, 0.5) is 5.69 Å². The van der Waals surface area contributed by atoms with Crippen LogP contribution in [0.25, 0.3) is 0 Å². The fourth-order valence-electron chi connectivity index (χ4n) is 2.89. The molecule has 0 aliphatic carbocycles. The molecule has 1 unspecified atom stereocenters. The molecular formula is C19H17BrN4O2. The van der Waals surface area contributed by atoms with E-state index in [2.05, 4.69) is 62.7 Å². The number of rotatable bonds is 3. The van der Waals surface area contributed by atoms with Crippen molar-refractivity contribution in [3.8, 4) is 0 Å². The SMILES string of the molecule is Cc1ccc(C2Cn3nnc(C(=O)Nc4ccc(Br)cc4)c3CO2)cc1. The fraction of sp³-hybridized carbons (Fsp3) is 0.211. The molecule has 132 valence electrons. The van der Waals surface area contributed by atoms with Gasteiger partial charge in [-0.15, -0.1) is 5.10 Å². The number of amides is 1. The summed E-state index contributed by atoms with van der Waals surface area (Å²) in [6, 6.07) is 15.6. The van der Waals surface area contributed by atoms with E-state index in [9.17, 15) is 4.79 Å². The Morgan fingerprint density at radius 1 is 1.19 bits per heavy atom. The first-order valence-electron chi connectivity index (χ1n) is 8.27. The predicted molar refractivity (Wildman–Crippen MR) is 101 cm³/mol. The van der Waals surface area contributed by atoms with E-state index in [1.807, 2.05) is 24.3 Å². The van der Waals surface area contributed by atoms with E-state index >= 15 is 0 Å². The van der Waals surface area contributed by atoms with Crippen molar-refractivity contribution >= 4 is 27.5 Å². The zero-order valence-electron chi connectivity index (χ0n) is 14.1. The summed E-state index contributed by atoms with van der Waals surface area (Å²) in [5, 5.41) is 11.1. The number of carbonyl (C=O) groups is 1. The Morgan fingerprint density at radius 3 is 2.65 bits per heavy atom. The number of halogens is 1. The van der Waals surface area contributed by atoms with Gasteiger partial charge in [0.05, 0.1) is 18.8 Å². The van der Waals surface area contributed by atoms with Gasteiger partial charge in [0.2, 0.25) is 0 Å². The van der Waals surface area contributed by atoms with Crippen molar-refractivity contribution in [1.82, 2.24) is 15.0 Å². The van der Waals surface area contributed by atoms with Crippen LogP contribution in [-0.4, -0.2) is 20.9 Å². The second-order valence-corrected chi connectivity index (χ2v) is 7.15. The van der Waals surface area contributed by atoms with E-state index in [1.165, 1.54) is 5.56 Å². The number of carbonyl (C=O) groups excluding carboxylic acids is 1. The summed E-state index contributed by atoms with van der Waals surface area (Å²) in [7, 11) is 0. The van der Waals surface area contributed by atoms with Gasteiger partial charge in [-0.25, -0.2) is 4.68 Å². The number of ether oxygens (including phenoxy) is 1. The third-order valence-electron chi connectivity index (χ3n) is 4.36. The third kappa shape index (κ3) is 3.40. The molecular weight excluding hydrogens is 396 g/mol. The minimum atomic E-state index is -0.286. The molecule has 0 radical (unpaired) electrons. The highest BCUT2D eigenvalue weighted by atomic mass is 79.9. The van der Waals surface area contributed by atoms with Gasteiger partial charge in [-0.2, -0.15) is 0 Å². The molecule has 3 aromatic rings. The van der Waals surface area contributed by atoms with Gasteiger partial charge in [0.1, 0.15) is 6.10 Å². The van der Waals surface area contributed by atoms with Crippen molar-refractivity contribution in [3.63, 3.8) is 0 Å². The van der Waals surface area contributed by atoms with E-state index in [1.54, 1.807) is 4.68 Å². The van der Waals surface area contributed by atoms with Crippen molar-refractivity contribution in [3.05, 3.63) is 75.5 Å². The molecule has 7 heteroatoms. The summed E-state index contributed by atoms with van der Waals surface area (Å²) >= 11 is 3.37. The highest BCUT2D eigenvalue weighted by Crippen LogP contribution is 2.27. The third-order valence-corrected chi connectivity index (χ3v) is 4.89. The highest BCUT2D eigenvalue weighted by molar-refractivity contribution is 9.10. The molecule has 6 nitrogen and oxygen atoms in total. The van der Waals surface area contributed by atoms with Crippen LogP contribution in [0.15, 0.2) is 53.0 Å². The number of hydrogen-bond acceptors (Lipinski definition) is 4. The van der Waals surface area contributed by atoms with Crippen LogP contribution >= 0.6 is 15.9 Å². The summed E-state index contributed by atoms with van der Waals surface area (Å²) in [5.74, 6) is -0.286. The first-order chi connectivity index (χ1) is 12.6. The van der Waals surface area contributed by atoms with E-state index in [-0.39, 0.29) is 12.0 Å². The molecule has 2 heterocycles. The molecule has 1 amide bonds. The molecule has 1 N–H and O–H groups in total. The average Bonchev–Trinajstić information content (AvgIpc) is 3.07.